The molecule has 0 spiro atoms. The molecule has 0 aliphatic rings. The van der Waals surface area contributed by atoms with E-state index in [1.807, 2.05) is 30.5 Å². The van der Waals surface area contributed by atoms with E-state index in [1.165, 1.54) is 0 Å². The molecule has 1 aromatic heterocycles. The van der Waals surface area contributed by atoms with Crippen molar-refractivity contribution in [1.82, 2.24) is 4.57 Å². The smallest absolute Gasteiger partial charge is 0.123 e. The molecule has 72 valence electrons. The van der Waals surface area contributed by atoms with Crippen molar-refractivity contribution in [3.63, 3.8) is 0 Å². The topological polar surface area (TPSA) is 54.8 Å². The van der Waals surface area contributed by atoms with Crippen molar-refractivity contribution >= 4 is 16.7 Å². The van der Waals surface area contributed by atoms with E-state index < -0.39 is 0 Å². The summed E-state index contributed by atoms with van der Waals surface area (Å²) in [4.78, 5) is 0. The Balaban J connectivity index is 2.76. The maximum absolute atomic E-state index is 7.45. The van der Waals surface area contributed by atoms with Crippen LogP contribution in [0.2, 0.25) is 0 Å². The SMILES string of the molecule is CCn1ccc2c(C(=N)N)cccc21. The summed E-state index contributed by atoms with van der Waals surface area (Å²) < 4.78 is 2.14. The van der Waals surface area contributed by atoms with E-state index in [0.717, 1.165) is 23.0 Å². The lowest BCUT2D eigenvalue weighted by Crippen LogP contribution is -2.11. The van der Waals surface area contributed by atoms with Crippen molar-refractivity contribution in [2.75, 3.05) is 0 Å². The van der Waals surface area contributed by atoms with Crippen LogP contribution in [0.1, 0.15) is 12.5 Å². The number of hydrogen-bond donors (Lipinski definition) is 2. The molecule has 0 radical (unpaired) electrons. The standard InChI is InChI=1S/C11H13N3/c1-2-14-7-6-8-9(11(12)13)4-3-5-10(8)14/h3-7H,2H2,1H3,(H3,12,13). The number of rotatable bonds is 2. The number of nitrogens with zero attached hydrogens (tertiary/aromatic N) is 1. The van der Waals surface area contributed by atoms with Crippen LogP contribution in [0.3, 0.4) is 0 Å². The van der Waals surface area contributed by atoms with Crippen molar-refractivity contribution in [2.24, 2.45) is 5.73 Å². The van der Waals surface area contributed by atoms with Crippen LogP contribution in [0.25, 0.3) is 10.9 Å². The van der Waals surface area contributed by atoms with Crippen LogP contribution >= 0.6 is 0 Å². The van der Waals surface area contributed by atoms with Gasteiger partial charge in [-0.1, -0.05) is 12.1 Å². The number of amidine groups is 1. The highest BCUT2D eigenvalue weighted by atomic mass is 14.9. The van der Waals surface area contributed by atoms with Crippen LogP contribution in [0.4, 0.5) is 0 Å². The highest BCUT2D eigenvalue weighted by Gasteiger charge is 2.05. The van der Waals surface area contributed by atoms with Gasteiger partial charge in [0.15, 0.2) is 0 Å². The Morgan fingerprint density at radius 2 is 2.21 bits per heavy atom. The first-order chi connectivity index (χ1) is 6.74. The van der Waals surface area contributed by atoms with Gasteiger partial charge in [-0.3, -0.25) is 5.41 Å². The van der Waals surface area contributed by atoms with Crippen molar-refractivity contribution in [2.45, 2.75) is 13.5 Å². The molecule has 1 aromatic carbocycles. The highest BCUT2D eigenvalue weighted by Crippen LogP contribution is 2.19. The average Bonchev–Trinajstić information content (AvgIpc) is 2.59. The van der Waals surface area contributed by atoms with Gasteiger partial charge in [0.05, 0.1) is 0 Å². The van der Waals surface area contributed by atoms with E-state index in [4.69, 9.17) is 11.1 Å². The molecule has 2 rings (SSSR count). The summed E-state index contributed by atoms with van der Waals surface area (Å²) in [5.41, 5.74) is 7.46. The third kappa shape index (κ3) is 1.18. The van der Waals surface area contributed by atoms with Gasteiger partial charge in [-0.2, -0.15) is 0 Å². The Bertz CT molecular complexity index is 482. The Hall–Kier alpha value is -1.77. The summed E-state index contributed by atoms with van der Waals surface area (Å²) in [5.74, 6) is 0.129. The number of hydrogen-bond acceptors (Lipinski definition) is 1. The van der Waals surface area contributed by atoms with Gasteiger partial charge in [-0.15, -0.1) is 0 Å². The molecule has 0 aliphatic heterocycles. The summed E-state index contributed by atoms with van der Waals surface area (Å²) in [7, 11) is 0. The molecule has 0 unspecified atom stereocenters. The minimum absolute atomic E-state index is 0.129. The van der Waals surface area contributed by atoms with Gasteiger partial charge in [-0.05, 0) is 19.1 Å². The Morgan fingerprint density at radius 3 is 2.86 bits per heavy atom. The van der Waals surface area contributed by atoms with Crippen molar-refractivity contribution in [1.29, 1.82) is 5.41 Å². The zero-order chi connectivity index (χ0) is 10.1. The molecule has 0 aliphatic carbocycles. The summed E-state index contributed by atoms with van der Waals surface area (Å²) >= 11 is 0. The van der Waals surface area contributed by atoms with Gasteiger partial charge in [0.1, 0.15) is 5.84 Å². The fraction of sp³-hybridized carbons (Fsp3) is 0.182. The lowest BCUT2D eigenvalue weighted by Gasteiger charge is -2.03. The number of nitrogens with one attached hydrogen (secondary N) is 1. The van der Waals surface area contributed by atoms with Crippen LogP contribution in [-0.4, -0.2) is 10.4 Å². The van der Waals surface area contributed by atoms with E-state index in [2.05, 4.69) is 11.5 Å². The Labute approximate surface area is 82.7 Å². The van der Waals surface area contributed by atoms with Gasteiger partial charge in [0.25, 0.3) is 0 Å². The van der Waals surface area contributed by atoms with Crippen LogP contribution in [0, 0.1) is 5.41 Å². The average molecular weight is 187 g/mol. The first-order valence-electron chi connectivity index (χ1n) is 4.66. The number of benzene rings is 1. The predicted molar refractivity (Wildman–Crippen MR) is 58.6 cm³/mol. The maximum atomic E-state index is 7.45. The molecule has 0 saturated carbocycles. The third-order valence-electron chi connectivity index (χ3n) is 2.44. The molecule has 14 heavy (non-hydrogen) atoms. The number of aryl methyl sites for hydroxylation is 1. The number of nitrogen functional groups attached to an aromatic ring is 1. The number of fused-ring (bicyclic) bond motifs is 1. The molecule has 0 saturated heterocycles. The van der Waals surface area contributed by atoms with Crippen LogP contribution in [0.15, 0.2) is 30.5 Å². The van der Waals surface area contributed by atoms with E-state index in [-0.39, 0.29) is 5.84 Å². The Morgan fingerprint density at radius 1 is 1.43 bits per heavy atom. The van der Waals surface area contributed by atoms with Crippen LogP contribution in [0.5, 0.6) is 0 Å². The summed E-state index contributed by atoms with van der Waals surface area (Å²) in [5, 5.41) is 8.51. The summed E-state index contributed by atoms with van der Waals surface area (Å²) in [6, 6.07) is 7.87. The van der Waals surface area contributed by atoms with Gasteiger partial charge in [-0.25, -0.2) is 0 Å². The lowest BCUT2D eigenvalue weighted by atomic mass is 10.1. The second-order valence-electron chi connectivity index (χ2n) is 3.25. The largest absolute Gasteiger partial charge is 0.384 e. The third-order valence-corrected chi connectivity index (χ3v) is 2.44. The van der Waals surface area contributed by atoms with E-state index in [1.54, 1.807) is 0 Å². The fourth-order valence-electron chi connectivity index (χ4n) is 1.73. The van der Waals surface area contributed by atoms with Gasteiger partial charge >= 0.3 is 0 Å². The van der Waals surface area contributed by atoms with Gasteiger partial charge in [0.2, 0.25) is 0 Å². The first kappa shape index (κ1) is 8.81. The van der Waals surface area contributed by atoms with Crippen molar-refractivity contribution < 1.29 is 0 Å². The van der Waals surface area contributed by atoms with Gasteiger partial charge in [0, 0.05) is 29.2 Å². The molecular weight excluding hydrogens is 174 g/mol. The van der Waals surface area contributed by atoms with Crippen molar-refractivity contribution in [3.05, 3.63) is 36.0 Å². The zero-order valence-corrected chi connectivity index (χ0v) is 8.12. The molecule has 1 heterocycles. The molecule has 2 aromatic rings. The molecule has 0 atom stereocenters. The van der Waals surface area contributed by atoms with E-state index in [9.17, 15) is 0 Å². The molecule has 0 amide bonds. The molecule has 3 heteroatoms. The fourth-order valence-corrected chi connectivity index (χ4v) is 1.73. The van der Waals surface area contributed by atoms with Crippen LogP contribution in [-0.2, 0) is 6.54 Å². The van der Waals surface area contributed by atoms with Gasteiger partial charge < -0.3 is 10.3 Å². The zero-order valence-electron chi connectivity index (χ0n) is 8.12. The van der Waals surface area contributed by atoms with E-state index >= 15 is 0 Å². The molecule has 0 bridgehead atoms. The molecule has 3 N–H and O–H groups in total. The number of aromatic nitrogens is 1. The molecule has 3 nitrogen and oxygen atoms in total. The second kappa shape index (κ2) is 3.18. The Kier molecular flexibility index (Phi) is 2.00. The highest BCUT2D eigenvalue weighted by molar-refractivity contribution is 6.07. The second-order valence-corrected chi connectivity index (χ2v) is 3.25. The minimum Gasteiger partial charge on any atom is -0.384 e. The monoisotopic (exact) mass is 187 g/mol. The number of nitrogens with two attached hydrogens (primary N) is 1. The summed E-state index contributed by atoms with van der Waals surface area (Å²) in [6.45, 7) is 3.03. The quantitative estimate of drug-likeness (QED) is 0.548. The predicted octanol–water partition coefficient (Wildman–Crippen LogP) is 1.95. The molecule has 0 fully saturated rings. The first-order valence-corrected chi connectivity index (χ1v) is 4.66. The van der Waals surface area contributed by atoms with Crippen LogP contribution < -0.4 is 5.73 Å². The van der Waals surface area contributed by atoms with Crippen molar-refractivity contribution in [3.8, 4) is 0 Å². The lowest BCUT2D eigenvalue weighted by molar-refractivity contribution is 0.797. The minimum atomic E-state index is 0.129. The normalized spacial score (nSPS) is 10.6. The molecular formula is C11H13N3. The van der Waals surface area contributed by atoms with E-state index in [0.29, 0.717) is 0 Å². The summed E-state index contributed by atoms with van der Waals surface area (Å²) in [6.07, 6.45) is 2.02. The maximum Gasteiger partial charge on any atom is 0.123 e.